The van der Waals surface area contributed by atoms with Gasteiger partial charge in [0.1, 0.15) is 17.2 Å². The predicted molar refractivity (Wildman–Crippen MR) is 129 cm³/mol. The van der Waals surface area contributed by atoms with Gasteiger partial charge in [-0.05, 0) is 48.6 Å². The number of rotatable bonds is 8. The number of amidine groups is 1. The fourth-order valence-corrected chi connectivity index (χ4v) is 4.14. The molecule has 162 valence electrons. The highest BCUT2D eigenvalue weighted by atomic mass is 32.2. The number of aliphatic imine (C=N–C) groups is 1. The standard InChI is InChI=1S/C25H28N2O3S/c1-17(2)20-12-10-19(11-13-20)15-23-24(29)27(21-8-5-9-22(16-21)30-4)25(26-23)31-14-6-7-18(3)28/h5,8-13,15-17H,6-7,14H2,1-4H3/b23-15+. The summed E-state index contributed by atoms with van der Waals surface area (Å²) in [6.45, 7) is 5.90. The molecule has 1 aliphatic heterocycles. The Morgan fingerprint density at radius 1 is 1.19 bits per heavy atom. The smallest absolute Gasteiger partial charge is 0.283 e. The lowest BCUT2D eigenvalue weighted by molar-refractivity contribution is -0.117. The number of benzene rings is 2. The van der Waals surface area contributed by atoms with Crippen LogP contribution in [0.1, 0.15) is 50.7 Å². The van der Waals surface area contributed by atoms with Gasteiger partial charge in [0, 0.05) is 18.2 Å². The van der Waals surface area contributed by atoms with Crippen LogP contribution < -0.4 is 9.64 Å². The number of ketones is 1. The Balaban J connectivity index is 1.89. The maximum absolute atomic E-state index is 13.3. The molecule has 3 rings (SSSR count). The summed E-state index contributed by atoms with van der Waals surface area (Å²) in [5.41, 5.74) is 3.29. The minimum Gasteiger partial charge on any atom is -0.497 e. The number of carbonyl (C=O) groups excluding carboxylic acids is 2. The number of anilines is 1. The molecule has 5 nitrogen and oxygen atoms in total. The predicted octanol–water partition coefficient (Wildman–Crippen LogP) is 5.66. The summed E-state index contributed by atoms with van der Waals surface area (Å²) in [5.74, 6) is 1.83. The second-order valence-corrected chi connectivity index (χ2v) is 8.80. The van der Waals surface area contributed by atoms with Crippen LogP contribution in [0.3, 0.4) is 0 Å². The van der Waals surface area contributed by atoms with Crippen molar-refractivity contribution < 1.29 is 14.3 Å². The Morgan fingerprint density at radius 2 is 1.94 bits per heavy atom. The van der Waals surface area contributed by atoms with Gasteiger partial charge in [-0.25, -0.2) is 4.99 Å². The fourth-order valence-electron chi connectivity index (χ4n) is 3.19. The topological polar surface area (TPSA) is 59.0 Å². The first-order chi connectivity index (χ1) is 14.9. The van der Waals surface area contributed by atoms with E-state index in [4.69, 9.17) is 4.74 Å². The van der Waals surface area contributed by atoms with Crippen molar-refractivity contribution in [2.45, 2.75) is 39.5 Å². The molecular weight excluding hydrogens is 408 g/mol. The van der Waals surface area contributed by atoms with E-state index < -0.39 is 0 Å². The molecule has 6 heteroatoms. The zero-order valence-corrected chi connectivity index (χ0v) is 19.2. The molecule has 1 aliphatic rings. The zero-order chi connectivity index (χ0) is 22.4. The molecule has 0 saturated heterocycles. The van der Waals surface area contributed by atoms with Gasteiger partial charge in [-0.2, -0.15) is 0 Å². The van der Waals surface area contributed by atoms with Crippen molar-refractivity contribution in [2.24, 2.45) is 4.99 Å². The average molecular weight is 437 g/mol. The van der Waals surface area contributed by atoms with Gasteiger partial charge in [-0.3, -0.25) is 9.69 Å². The van der Waals surface area contributed by atoms with Crippen molar-refractivity contribution in [3.8, 4) is 5.75 Å². The molecule has 1 heterocycles. The molecule has 0 aromatic heterocycles. The lowest BCUT2D eigenvalue weighted by Gasteiger charge is -2.18. The number of hydrogen-bond donors (Lipinski definition) is 0. The van der Waals surface area contributed by atoms with Crippen molar-refractivity contribution in [1.29, 1.82) is 0 Å². The lowest BCUT2D eigenvalue weighted by Crippen LogP contribution is -2.30. The normalized spacial score (nSPS) is 15.0. The van der Waals surface area contributed by atoms with Crippen molar-refractivity contribution in [3.05, 3.63) is 65.4 Å². The van der Waals surface area contributed by atoms with Gasteiger partial charge in [0.25, 0.3) is 5.91 Å². The number of ether oxygens (including phenoxy) is 1. The summed E-state index contributed by atoms with van der Waals surface area (Å²) in [5, 5.41) is 0.617. The van der Waals surface area contributed by atoms with E-state index in [1.165, 1.54) is 17.3 Å². The number of nitrogens with zero attached hydrogens (tertiary/aromatic N) is 2. The summed E-state index contributed by atoms with van der Waals surface area (Å²) in [4.78, 5) is 30.8. The van der Waals surface area contributed by atoms with E-state index in [2.05, 4.69) is 31.0 Å². The van der Waals surface area contributed by atoms with E-state index in [0.717, 1.165) is 12.0 Å². The molecule has 1 amide bonds. The maximum Gasteiger partial charge on any atom is 0.283 e. The minimum atomic E-state index is -0.171. The second-order valence-electron chi connectivity index (χ2n) is 7.74. The molecule has 0 saturated carbocycles. The number of methoxy groups -OCH3 is 1. The van der Waals surface area contributed by atoms with Crippen molar-refractivity contribution >= 4 is 40.4 Å². The van der Waals surface area contributed by atoms with E-state index in [1.54, 1.807) is 18.9 Å². The summed E-state index contributed by atoms with van der Waals surface area (Å²) in [7, 11) is 1.60. The molecule has 0 N–H and O–H groups in total. The van der Waals surface area contributed by atoms with E-state index in [1.807, 2.05) is 42.5 Å². The van der Waals surface area contributed by atoms with Crippen LogP contribution in [0.2, 0.25) is 0 Å². The lowest BCUT2D eigenvalue weighted by atomic mass is 10.0. The third kappa shape index (κ3) is 5.85. The molecule has 0 bridgehead atoms. The minimum absolute atomic E-state index is 0.167. The van der Waals surface area contributed by atoms with Crippen LogP contribution >= 0.6 is 11.8 Å². The molecule has 0 atom stereocenters. The summed E-state index contributed by atoms with van der Waals surface area (Å²) in [6.07, 6.45) is 3.09. The highest BCUT2D eigenvalue weighted by Crippen LogP contribution is 2.31. The molecule has 0 aliphatic carbocycles. The van der Waals surface area contributed by atoms with Crippen LogP contribution in [0.25, 0.3) is 6.08 Å². The molecule has 0 unspecified atom stereocenters. The number of Topliss-reactive ketones (excluding diaryl/α,β-unsaturated/α-hetero) is 1. The van der Waals surface area contributed by atoms with E-state index in [0.29, 0.717) is 40.4 Å². The fraction of sp³-hybridized carbons (Fsp3) is 0.320. The van der Waals surface area contributed by atoms with Gasteiger partial charge in [-0.15, -0.1) is 0 Å². The van der Waals surface area contributed by atoms with Gasteiger partial charge < -0.3 is 9.53 Å². The quantitative estimate of drug-likeness (QED) is 0.395. The molecule has 31 heavy (non-hydrogen) atoms. The van der Waals surface area contributed by atoms with E-state index >= 15 is 0 Å². The first kappa shape index (κ1) is 22.8. The Kier molecular flexibility index (Phi) is 7.69. The average Bonchev–Trinajstić information content (AvgIpc) is 3.06. The molecule has 2 aromatic rings. The third-order valence-electron chi connectivity index (χ3n) is 4.95. The first-order valence-electron chi connectivity index (χ1n) is 10.4. The molecule has 2 aromatic carbocycles. The van der Waals surface area contributed by atoms with Crippen molar-refractivity contribution in [1.82, 2.24) is 0 Å². The van der Waals surface area contributed by atoms with Crippen molar-refractivity contribution in [2.75, 3.05) is 17.8 Å². The van der Waals surface area contributed by atoms with Crippen molar-refractivity contribution in [3.63, 3.8) is 0 Å². The summed E-state index contributed by atoms with van der Waals surface area (Å²) in [6, 6.07) is 15.6. The van der Waals surface area contributed by atoms with Crippen LogP contribution in [0, 0.1) is 0 Å². The first-order valence-corrected chi connectivity index (χ1v) is 11.4. The van der Waals surface area contributed by atoms with E-state index in [9.17, 15) is 9.59 Å². The number of thioether (sulfide) groups is 1. The Morgan fingerprint density at radius 3 is 2.58 bits per heavy atom. The van der Waals surface area contributed by atoms with Crippen LogP contribution in [0.4, 0.5) is 5.69 Å². The summed E-state index contributed by atoms with van der Waals surface area (Å²) >= 11 is 1.49. The Bertz CT molecular complexity index is 1010. The SMILES string of the molecule is COc1cccc(N2C(=O)/C(=C\c3ccc(C(C)C)cc3)N=C2SCCCC(C)=O)c1. The van der Waals surface area contributed by atoms with Crippen LogP contribution in [0.15, 0.2) is 59.2 Å². The molecule has 0 radical (unpaired) electrons. The van der Waals surface area contributed by atoms with Gasteiger partial charge in [0.05, 0.1) is 12.8 Å². The Hall–Kier alpha value is -2.86. The van der Waals surface area contributed by atoms with E-state index in [-0.39, 0.29) is 11.7 Å². The zero-order valence-electron chi connectivity index (χ0n) is 18.4. The molecular formula is C25H28N2O3S. The van der Waals surface area contributed by atoms with Crippen LogP contribution in [-0.2, 0) is 9.59 Å². The number of carbonyl (C=O) groups is 2. The van der Waals surface area contributed by atoms with Gasteiger partial charge in [0.2, 0.25) is 0 Å². The molecule has 0 spiro atoms. The van der Waals surface area contributed by atoms with Gasteiger partial charge in [0.15, 0.2) is 5.17 Å². The van der Waals surface area contributed by atoms with Crippen LogP contribution in [0.5, 0.6) is 5.75 Å². The largest absolute Gasteiger partial charge is 0.497 e. The van der Waals surface area contributed by atoms with Crippen LogP contribution in [-0.4, -0.2) is 29.7 Å². The maximum atomic E-state index is 13.3. The van der Waals surface area contributed by atoms with Gasteiger partial charge in [-0.1, -0.05) is 55.9 Å². The number of hydrogen-bond acceptors (Lipinski definition) is 5. The third-order valence-corrected chi connectivity index (χ3v) is 5.98. The summed E-state index contributed by atoms with van der Waals surface area (Å²) < 4.78 is 5.33. The Labute approximate surface area is 188 Å². The monoisotopic (exact) mass is 436 g/mol. The number of amides is 1. The van der Waals surface area contributed by atoms with Gasteiger partial charge >= 0.3 is 0 Å². The highest BCUT2D eigenvalue weighted by Gasteiger charge is 2.32. The highest BCUT2D eigenvalue weighted by molar-refractivity contribution is 8.14. The molecule has 0 fully saturated rings. The second kappa shape index (κ2) is 10.4.